The van der Waals surface area contributed by atoms with E-state index in [9.17, 15) is 0 Å². The van der Waals surface area contributed by atoms with Gasteiger partial charge in [-0.25, -0.2) is 4.98 Å². The van der Waals surface area contributed by atoms with E-state index in [2.05, 4.69) is 46.1 Å². The maximum atomic E-state index is 5.67. The second-order valence-corrected chi connectivity index (χ2v) is 4.57. The van der Waals surface area contributed by atoms with E-state index in [-0.39, 0.29) is 0 Å². The molecule has 0 atom stereocenters. The maximum Gasteiger partial charge on any atom is 0.222 e. The first-order valence-electron chi connectivity index (χ1n) is 5.92. The van der Waals surface area contributed by atoms with E-state index < -0.39 is 0 Å². The number of benzene rings is 1. The van der Waals surface area contributed by atoms with Gasteiger partial charge in [0.25, 0.3) is 0 Å². The minimum atomic E-state index is 0.320. The van der Waals surface area contributed by atoms with Gasteiger partial charge in [-0.15, -0.1) is 0 Å². The molecule has 0 spiro atoms. The highest BCUT2D eigenvalue weighted by atomic mass is 15.2. The van der Waals surface area contributed by atoms with Crippen LogP contribution in [0, 0.1) is 13.8 Å². The monoisotopic (exact) mass is 242 g/mol. The molecule has 0 saturated heterocycles. The molecule has 0 aliphatic rings. The summed E-state index contributed by atoms with van der Waals surface area (Å²) in [6, 6.07) is 10.4. The highest BCUT2D eigenvalue weighted by molar-refractivity contribution is 5.43. The van der Waals surface area contributed by atoms with Crippen molar-refractivity contribution >= 4 is 11.8 Å². The quantitative estimate of drug-likeness (QED) is 0.897. The Morgan fingerprint density at radius 1 is 1.17 bits per heavy atom. The van der Waals surface area contributed by atoms with E-state index in [1.54, 1.807) is 0 Å². The summed E-state index contributed by atoms with van der Waals surface area (Å²) in [5.74, 6) is 1.17. The molecule has 1 aromatic carbocycles. The molecule has 2 aromatic rings. The molecule has 1 aromatic heterocycles. The molecule has 0 aliphatic heterocycles. The van der Waals surface area contributed by atoms with Crippen LogP contribution in [0.1, 0.15) is 16.8 Å². The number of nitrogen functional groups attached to an aromatic ring is 1. The van der Waals surface area contributed by atoms with Gasteiger partial charge in [0.2, 0.25) is 5.95 Å². The SMILES string of the molecule is Cc1cccc(CN(C)c2cc(C)nc(N)n2)c1. The molecule has 0 unspecified atom stereocenters. The fourth-order valence-electron chi connectivity index (χ4n) is 1.94. The van der Waals surface area contributed by atoms with Gasteiger partial charge in [-0.1, -0.05) is 29.8 Å². The zero-order valence-electron chi connectivity index (χ0n) is 11.0. The van der Waals surface area contributed by atoms with Crippen LogP contribution in [-0.2, 0) is 6.54 Å². The van der Waals surface area contributed by atoms with Crippen LogP contribution in [0.2, 0.25) is 0 Å². The van der Waals surface area contributed by atoms with Crippen molar-refractivity contribution in [1.82, 2.24) is 9.97 Å². The molecule has 2 N–H and O–H groups in total. The first kappa shape index (κ1) is 12.4. The average Bonchev–Trinajstić information content (AvgIpc) is 2.27. The molecule has 0 bridgehead atoms. The number of hydrogen-bond acceptors (Lipinski definition) is 4. The number of nitrogens with zero attached hydrogens (tertiary/aromatic N) is 3. The van der Waals surface area contributed by atoms with Crippen LogP contribution in [0.25, 0.3) is 0 Å². The van der Waals surface area contributed by atoms with Crippen LogP contribution >= 0.6 is 0 Å². The van der Waals surface area contributed by atoms with Crippen molar-refractivity contribution in [3.8, 4) is 0 Å². The molecule has 4 heteroatoms. The Morgan fingerprint density at radius 2 is 1.94 bits per heavy atom. The Morgan fingerprint density at radius 3 is 2.61 bits per heavy atom. The van der Waals surface area contributed by atoms with Crippen LogP contribution in [0.4, 0.5) is 11.8 Å². The normalized spacial score (nSPS) is 10.4. The first-order chi connectivity index (χ1) is 8.54. The summed E-state index contributed by atoms with van der Waals surface area (Å²) in [6.45, 7) is 4.82. The zero-order valence-corrected chi connectivity index (χ0v) is 11.0. The minimum absolute atomic E-state index is 0.320. The molecule has 0 radical (unpaired) electrons. The van der Waals surface area contributed by atoms with Crippen molar-refractivity contribution in [3.63, 3.8) is 0 Å². The van der Waals surface area contributed by atoms with E-state index in [1.807, 2.05) is 20.0 Å². The topological polar surface area (TPSA) is 55.0 Å². The van der Waals surface area contributed by atoms with E-state index in [1.165, 1.54) is 11.1 Å². The zero-order chi connectivity index (χ0) is 13.1. The lowest BCUT2D eigenvalue weighted by Gasteiger charge is -2.19. The van der Waals surface area contributed by atoms with Crippen molar-refractivity contribution < 1.29 is 0 Å². The highest BCUT2D eigenvalue weighted by Crippen LogP contribution is 2.15. The van der Waals surface area contributed by atoms with Crippen LogP contribution in [0.15, 0.2) is 30.3 Å². The largest absolute Gasteiger partial charge is 0.368 e. The number of rotatable bonds is 3. The first-order valence-corrected chi connectivity index (χ1v) is 5.92. The Hall–Kier alpha value is -2.10. The van der Waals surface area contributed by atoms with E-state index in [4.69, 9.17) is 5.73 Å². The summed E-state index contributed by atoms with van der Waals surface area (Å²) < 4.78 is 0. The van der Waals surface area contributed by atoms with E-state index in [0.29, 0.717) is 5.95 Å². The highest BCUT2D eigenvalue weighted by Gasteiger charge is 2.06. The smallest absolute Gasteiger partial charge is 0.222 e. The van der Waals surface area contributed by atoms with Gasteiger partial charge in [0, 0.05) is 25.4 Å². The van der Waals surface area contributed by atoms with Crippen molar-refractivity contribution in [1.29, 1.82) is 0 Å². The molecule has 94 valence electrons. The van der Waals surface area contributed by atoms with Gasteiger partial charge < -0.3 is 10.6 Å². The fraction of sp³-hybridized carbons (Fsp3) is 0.286. The van der Waals surface area contributed by atoms with Gasteiger partial charge >= 0.3 is 0 Å². The third-order valence-electron chi connectivity index (χ3n) is 2.75. The van der Waals surface area contributed by atoms with Crippen LogP contribution < -0.4 is 10.6 Å². The number of hydrogen-bond donors (Lipinski definition) is 1. The van der Waals surface area contributed by atoms with Gasteiger partial charge in [-0.3, -0.25) is 0 Å². The third kappa shape index (κ3) is 2.97. The molecule has 1 heterocycles. The van der Waals surface area contributed by atoms with Gasteiger partial charge in [0.15, 0.2) is 0 Å². The van der Waals surface area contributed by atoms with Gasteiger partial charge in [-0.05, 0) is 19.4 Å². The van der Waals surface area contributed by atoms with Gasteiger partial charge in [-0.2, -0.15) is 4.98 Å². The summed E-state index contributed by atoms with van der Waals surface area (Å²) in [6.07, 6.45) is 0. The molecular formula is C14H18N4. The number of aryl methyl sites for hydroxylation is 2. The van der Waals surface area contributed by atoms with E-state index in [0.717, 1.165) is 18.1 Å². The Bertz CT molecular complexity index is 531. The Kier molecular flexibility index (Phi) is 3.46. The number of anilines is 2. The van der Waals surface area contributed by atoms with Crippen molar-refractivity contribution in [2.75, 3.05) is 17.7 Å². The second-order valence-electron chi connectivity index (χ2n) is 4.57. The second kappa shape index (κ2) is 5.04. The van der Waals surface area contributed by atoms with Crippen LogP contribution in [-0.4, -0.2) is 17.0 Å². The molecule has 4 nitrogen and oxygen atoms in total. The molecule has 0 saturated carbocycles. The lowest BCUT2D eigenvalue weighted by Crippen LogP contribution is -2.18. The van der Waals surface area contributed by atoms with Crippen molar-refractivity contribution in [3.05, 3.63) is 47.2 Å². The fourth-order valence-corrected chi connectivity index (χ4v) is 1.94. The third-order valence-corrected chi connectivity index (χ3v) is 2.75. The lowest BCUT2D eigenvalue weighted by atomic mass is 10.1. The predicted molar refractivity (Wildman–Crippen MR) is 74.5 cm³/mol. The predicted octanol–water partition coefficient (Wildman–Crippen LogP) is 2.31. The summed E-state index contributed by atoms with van der Waals surface area (Å²) in [7, 11) is 2.00. The lowest BCUT2D eigenvalue weighted by molar-refractivity contribution is 0.888. The number of aromatic nitrogens is 2. The summed E-state index contributed by atoms with van der Waals surface area (Å²) in [5.41, 5.74) is 9.07. The summed E-state index contributed by atoms with van der Waals surface area (Å²) in [5, 5.41) is 0. The molecule has 0 amide bonds. The molecular weight excluding hydrogens is 224 g/mol. The van der Waals surface area contributed by atoms with Gasteiger partial charge in [0.1, 0.15) is 5.82 Å². The average molecular weight is 242 g/mol. The summed E-state index contributed by atoms with van der Waals surface area (Å²) in [4.78, 5) is 10.4. The molecule has 0 fully saturated rings. The minimum Gasteiger partial charge on any atom is -0.368 e. The van der Waals surface area contributed by atoms with Crippen molar-refractivity contribution in [2.45, 2.75) is 20.4 Å². The number of nitrogens with two attached hydrogens (primary N) is 1. The Balaban J connectivity index is 2.19. The van der Waals surface area contributed by atoms with Crippen LogP contribution in [0.5, 0.6) is 0 Å². The Labute approximate surface area is 107 Å². The molecule has 0 aliphatic carbocycles. The van der Waals surface area contributed by atoms with Crippen LogP contribution in [0.3, 0.4) is 0 Å². The van der Waals surface area contributed by atoms with E-state index >= 15 is 0 Å². The maximum absolute atomic E-state index is 5.67. The summed E-state index contributed by atoms with van der Waals surface area (Å²) >= 11 is 0. The molecule has 18 heavy (non-hydrogen) atoms. The molecule has 2 rings (SSSR count). The standard InChI is InChI=1S/C14H18N4/c1-10-5-4-6-12(7-10)9-18(3)13-8-11(2)16-14(15)17-13/h4-8H,9H2,1-3H3,(H2,15,16,17). The van der Waals surface area contributed by atoms with Crippen molar-refractivity contribution in [2.24, 2.45) is 0 Å². The van der Waals surface area contributed by atoms with Gasteiger partial charge in [0.05, 0.1) is 0 Å².